The summed E-state index contributed by atoms with van der Waals surface area (Å²) in [5, 5.41) is 2.86. The monoisotopic (exact) mass is 352 g/mol. The first-order chi connectivity index (χ1) is 12.0. The number of carbonyl (C=O) groups excluding carboxylic acids is 2. The van der Waals surface area contributed by atoms with Crippen LogP contribution in [-0.2, 0) is 9.53 Å². The molecule has 2 rings (SSSR count). The maximum absolute atomic E-state index is 13.8. The molecule has 1 aromatic carbocycles. The van der Waals surface area contributed by atoms with E-state index >= 15 is 0 Å². The number of hydrogen-bond acceptors (Lipinski definition) is 4. The van der Waals surface area contributed by atoms with Crippen molar-refractivity contribution in [1.82, 2.24) is 10.2 Å². The van der Waals surface area contributed by atoms with E-state index < -0.39 is 5.82 Å². The number of likely N-dealkylation sites (tertiary alicyclic amines) is 1. The summed E-state index contributed by atoms with van der Waals surface area (Å²) in [6.07, 6.45) is 1.19. The number of hydrogen-bond donors (Lipinski definition) is 1. The molecule has 0 radical (unpaired) electrons. The van der Waals surface area contributed by atoms with Crippen LogP contribution in [0, 0.1) is 11.7 Å². The molecule has 1 N–H and O–H groups in total. The summed E-state index contributed by atoms with van der Waals surface area (Å²) in [6, 6.07) is 4.07. The van der Waals surface area contributed by atoms with Crippen molar-refractivity contribution in [2.24, 2.45) is 5.92 Å². The van der Waals surface area contributed by atoms with E-state index in [0.717, 1.165) is 0 Å². The van der Waals surface area contributed by atoms with Crippen LogP contribution in [0.25, 0.3) is 0 Å². The smallest absolute Gasteiger partial charge is 0.317 e. The van der Waals surface area contributed by atoms with Crippen molar-refractivity contribution in [3.8, 4) is 5.75 Å². The zero-order valence-corrected chi connectivity index (χ0v) is 14.9. The second kappa shape index (κ2) is 8.69. The summed E-state index contributed by atoms with van der Waals surface area (Å²) in [7, 11) is 1.41. The van der Waals surface area contributed by atoms with Crippen molar-refractivity contribution in [1.29, 1.82) is 0 Å². The van der Waals surface area contributed by atoms with Gasteiger partial charge in [0.05, 0.1) is 25.7 Å². The number of esters is 1. The molecule has 1 aliphatic heterocycles. The molecule has 0 bridgehead atoms. The minimum atomic E-state index is -0.462. The average molecular weight is 352 g/mol. The van der Waals surface area contributed by atoms with Crippen molar-refractivity contribution in [3.63, 3.8) is 0 Å². The standard InChI is InChI=1S/C18H25FN2O4/c1-4-25-17(22)13-7-9-21(10-8-13)18(23)20-12(2)14-5-6-16(24-3)15(19)11-14/h5-6,11-13H,4,7-10H2,1-3H3,(H,20,23). The third-order valence-electron chi connectivity index (χ3n) is 4.42. The van der Waals surface area contributed by atoms with Gasteiger partial charge in [0.2, 0.25) is 0 Å². The number of urea groups is 1. The Morgan fingerprint density at radius 1 is 1.36 bits per heavy atom. The van der Waals surface area contributed by atoms with Crippen LogP contribution in [0.15, 0.2) is 18.2 Å². The van der Waals surface area contributed by atoms with E-state index in [9.17, 15) is 14.0 Å². The fourth-order valence-corrected chi connectivity index (χ4v) is 2.89. The number of carbonyl (C=O) groups is 2. The molecule has 1 saturated heterocycles. The zero-order valence-electron chi connectivity index (χ0n) is 14.9. The van der Waals surface area contributed by atoms with Crippen molar-refractivity contribution in [2.75, 3.05) is 26.8 Å². The predicted molar refractivity (Wildman–Crippen MR) is 90.8 cm³/mol. The third-order valence-corrected chi connectivity index (χ3v) is 4.42. The molecule has 1 fully saturated rings. The highest BCUT2D eigenvalue weighted by atomic mass is 19.1. The second-order valence-corrected chi connectivity index (χ2v) is 6.08. The van der Waals surface area contributed by atoms with Crippen LogP contribution < -0.4 is 10.1 Å². The third kappa shape index (κ3) is 4.84. The van der Waals surface area contributed by atoms with Gasteiger partial charge >= 0.3 is 12.0 Å². The van der Waals surface area contributed by atoms with Gasteiger partial charge in [0, 0.05) is 13.1 Å². The maximum Gasteiger partial charge on any atom is 0.317 e. The molecule has 0 aromatic heterocycles. The molecule has 1 aliphatic rings. The molecule has 0 spiro atoms. The molecule has 6 nitrogen and oxygen atoms in total. The number of rotatable bonds is 5. The topological polar surface area (TPSA) is 67.9 Å². The number of halogens is 1. The van der Waals surface area contributed by atoms with Gasteiger partial charge in [-0.15, -0.1) is 0 Å². The highest BCUT2D eigenvalue weighted by Gasteiger charge is 2.28. The van der Waals surface area contributed by atoms with Crippen LogP contribution in [-0.4, -0.2) is 43.7 Å². The SMILES string of the molecule is CCOC(=O)C1CCN(C(=O)NC(C)c2ccc(OC)c(F)c2)CC1. The van der Waals surface area contributed by atoms with Gasteiger partial charge in [-0.25, -0.2) is 9.18 Å². The van der Waals surface area contributed by atoms with Gasteiger partial charge in [-0.1, -0.05) is 6.07 Å². The Morgan fingerprint density at radius 3 is 2.60 bits per heavy atom. The fourth-order valence-electron chi connectivity index (χ4n) is 2.89. The molecule has 1 aromatic rings. The molecular weight excluding hydrogens is 327 g/mol. The first kappa shape index (κ1) is 19.0. The number of piperidine rings is 1. The van der Waals surface area contributed by atoms with Gasteiger partial charge in [-0.2, -0.15) is 0 Å². The average Bonchev–Trinajstić information content (AvgIpc) is 2.61. The van der Waals surface area contributed by atoms with Crippen molar-refractivity contribution >= 4 is 12.0 Å². The van der Waals surface area contributed by atoms with Gasteiger partial charge in [-0.05, 0) is 44.4 Å². The Morgan fingerprint density at radius 2 is 2.04 bits per heavy atom. The Balaban J connectivity index is 1.88. The molecule has 7 heteroatoms. The number of ether oxygens (including phenoxy) is 2. The number of nitrogens with one attached hydrogen (secondary N) is 1. The summed E-state index contributed by atoms with van der Waals surface area (Å²) in [5.41, 5.74) is 0.660. The van der Waals surface area contributed by atoms with Crippen molar-refractivity contribution in [2.45, 2.75) is 32.7 Å². The van der Waals surface area contributed by atoms with E-state index in [4.69, 9.17) is 9.47 Å². The van der Waals surface area contributed by atoms with Crippen LogP contribution in [0.5, 0.6) is 5.75 Å². The number of methoxy groups -OCH3 is 1. The lowest BCUT2D eigenvalue weighted by Gasteiger charge is -2.32. The first-order valence-electron chi connectivity index (χ1n) is 8.51. The van der Waals surface area contributed by atoms with E-state index in [0.29, 0.717) is 38.1 Å². The molecule has 0 aliphatic carbocycles. The van der Waals surface area contributed by atoms with Gasteiger partial charge in [0.25, 0.3) is 0 Å². The number of amides is 2. The molecule has 1 heterocycles. The largest absolute Gasteiger partial charge is 0.494 e. The summed E-state index contributed by atoms with van der Waals surface area (Å²) in [6.45, 7) is 4.95. The van der Waals surface area contributed by atoms with E-state index in [1.807, 2.05) is 0 Å². The summed E-state index contributed by atoms with van der Waals surface area (Å²) in [4.78, 5) is 25.8. The lowest BCUT2D eigenvalue weighted by molar-refractivity contribution is -0.149. The zero-order chi connectivity index (χ0) is 18.4. The van der Waals surface area contributed by atoms with Gasteiger partial charge in [-0.3, -0.25) is 4.79 Å². The molecule has 1 atom stereocenters. The lowest BCUT2D eigenvalue weighted by atomic mass is 9.97. The Bertz CT molecular complexity index is 615. The predicted octanol–water partition coefficient (Wildman–Crippen LogP) is 2.88. The highest BCUT2D eigenvalue weighted by molar-refractivity contribution is 5.76. The lowest BCUT2D eigenvalue weighted by Crippen LogP contribution is -2.46. The van der Waals surface area contributed by atoms with Crippen LogP contribution in [0.3, 0.4) is 0 Å². The van der Waals surface area contributed by atoms with E-state index in [-0.39, 0.29) is 29.7 Å². The van der Waals surface area contributed by atoms with Crippen LogP contribution in [0.2, 0.25) is 0 Å². The van der Waals surface area contributed by atoms with Crippen molar-refractivity contribution in [3.05, 3.63) is 29.6 Å². The molecule has 138 valence electrons. The highest BCUT2D eigenvalue weighted by Crippen LogP contribution is 2.23. The van der Waals surface area contributed by atoms with Gasteiger partial charge in [0.15, 0.2) is 11.6 Å². The Labute approximate surface area is 147 Å². The number of nitrogens with zero attached hydrogens (tertiary/aromatic N) is 1. The maximum atomic E-state index is 13.8. The van der Waals surface area contributed by atoms with E-state index in [2.05, 4.69) is 5.32 Å². The summed E-state index contributed by atoms with van der Waals surface area (Å²) in [5.74, 6) is -0.624. The van der Waals surface area contributed by atoms with Crippen LogP contribution >= 0.6 is 0 Å². The van der Waals surface area contributed by atoms with Crippen molar-refractivity contribution < 1.29 is 23.5 Å². The van der Waals surface area contributed by atoms with E-state index in [1.165, 1.54) is 19.2 Å². The minimum Gasteiger partial charge on any atom is -0.494 e. The van der Waals surface area contributed by atoms with Crippen LogP contribution in [0.4, 0.5) is 9.18 Å². The van der Waals surface area contributed by atoms with E-state index in [1.54, 1.807) is 24.8 Å². The first-order valence-corrected chi connectivity index (χ1v) is 8.51. The molecule has 0 saturated carbocycles. The van der Waals surface area contributed by atoms with Gasteiger partial charge in [0.1, 0.15) is 0 Å². The number of benzene rings is 1. The summed E-state index contributed by atoms with van der Waals surface area (Å²) >= 11 is 0. The van der Waals surface area contributed by atoms with Gasteiger partial charge < -0.3 is 19.7 Å². The molecule has 1 unspecified atom stereocenters. The minimum absolute atomic E-state index is 0.142. The summed E-state index contributed by atoms with van der Waals surface area (Å²) < 4.78 is 23.7. The normalized spacial score (nSPS) is 16.2. The Hall–Kier alpha value is -2.31. The molecule has 25 heavy (non-hydrogen) atoms. The molecular formula is C18H25FN2O4. The van der Waals surface area contributed by atoms with Crippen LogP contribution in [0.1, 0.15) is 38.3 Å². The fraction of sp³-hybridized carbons (Fsp3) is 0.556. The second-order valence-electron chi connectivity index (χ2n) is 6.08. The molecule has 2 amide bonds. The Kier molecular flexibility index (Phi) is 6.61. The quantitative estimate of drug-likeness (QED) is 0.828.